The van der Waals surface area contributed by atoms with E-state index in [0.29, 0.717) is 18.8 Å². The minimum absolute atomic E-state index is 0.0340. The number of oxime groups is 1. The minimum atomic E-state index is -1.45. The Labute approximate surface area is 264 Å². The van der Waals surface area contributed by atoms with Gasteiger partial charge in [0.2, 0.25) is 0 Å². The highest BCUT2D eigenvalue weighted by molar-refractivity contribution is 6.39. The molecule has 0 aliphatic carbocycles. The summed E-state index contributed by atoms with van der Waals surface area (Å²) in [6.07, 6.45) is 0.596. The molecule has 46 heavy (non-hydrogen) atoms. The van der Waals surface area contributed by atoms with E-state index in [1.165, 1.54) is 0 Å². The quantitative estimate of drug-likeness (QED) is 0.232. The van der Waals surface area contributed by atoms with Crippen LogP contribution in [0.25, 0.3) is 0 Å². The van der Waals surface area contributed by atoms with Crippen molar-refractivity contribution in [2.75, 3.05) is 25.0 Å². The Morgan fingerprint density at radius 1 is 0.957 bits per heavy atom. The van der Waals surface area contributed by atoms with E-state index in [4.69, 9.17) is 14.3 Å². The fraction of sp³-hybridized carbons (Fsp3) is 0.312. The fourth-order valence-electron chi connectivity index (χ4n) is 5.17. The average molecular weight is 631 g/mol. The SMILES string of the molecule is O=C(N[C@@H](CNC(=O)C1=NOC2(C1)CC(CNc1ccccn1)N(C(=O)OCc1ccccc1)C2)C(=O)O)OCc1ccccc1. The number of rotatable bonds is 12. The number of alkyl carbamates (subject to hydrolysis) is 1. The Morgan fingerprint density at radius 2 is 1.63 bits per heavy atom. The predicted molar refractivity (Wildman–Crippen MR) is 165 cm³/mol. The number of carboxylic acids is 1. The van der Waals surface area contributed by atoms with Crippen LogP contribution < -0.4 is 16.0 Å². The molecule has 1 fully saturated rings. The van der Waals surface area contributed by atoms with Crippen LogP contribution in [0.15, 0.2) is 90.2 Å². The number of ether oxygens (including phenoxy) is 2. The topological polar surface area (TPSA) is 181 Å². The zero-order valence-electron chi connectivity index (χ0n) is 24.8. The van der Waals surface area contributed by atoms with Gasteiger partial charge in [-0.3, -0.25) is 9.69 Å². The second-order valence-electron chi connectivity index (χ2n) is 10.9. The number of carboxylic acid groups (broad SMARTS) is 1. The van der Waals surface area contributed by atoms with Gasteiger partial charge >= 0.3 is 18.2 Å². The number of likely N-dealkylation sites (tertiary alicyclic amines) is 1. The number of benzene rings is 2. The van der Waals surface area contributed by atoms with Crippen LogP contribution in [0.1, 0.15) is 24.0 Å². The predicted octanol–water partition coefficient (Wildman–Crippen LogP) is 2.92. The van der Waals surface area contributed by atoms with Gasteiger partial charge in [-0.1, -0.05) is 71.9 Å². The lowest BCUT2D eigenvalue weighted by molar-refractivity contribution is -0.139. The van der Waals surface area contributed by atoms with Gasteiger partial charge in [-0.2, -0.15) is 0 Å². The molecule has 1 saturated heterocycles. The second-order valence-corrected chi connectivity index (χ2v) is 10.9. The summed E-state index contributed by atoms with van der Waals surface area (Å²) in [6, 6.07) is 21.8. The number of nitrogens with zero attached hydrogens (tertiary/aromatic N) is 3. The van der Waals surface area contributed by atoms with Crippen molar-refractivity contribution < 1.29 is 38.6 Å². The molecule has 1 spiro atoms. The molecule has 2 unspecified atom stereocenters. The Balaban J connectivity index is 1.16. The molecule has 14 nitrogen and oxygen atoms in total. The van der Waals surface area contributed by atoms with Crippen molar-refractivity contribution in [1.29, 1.82) is 0 Å². The molecule has 4 N–H and O–H groups in total. The van der Waals surface area contributed by atoms with E-state index < -0.39 is 42.3 Å². The van der Waals surface area contributed by atoms with Crippen molar-refractivity contribution in [1.82, 2.24) is 20.5 Å². The molecular formula is C32H34N6O8. The van der Waals surface area contributed by atoms with Gasteiger partial charge in [-0.25, -0.2) is 19.4 Å². The molecule has 0 radical (unpaired) electrons. The largest absolute Gasteiger partial charge is 0.480 e. The van der Waals surface area contributed by atoms with E-state index in [1.54, 1.807) is 41.4 Å². The summed E-state index contributed by atoms with van der Waals surface area (Å²) in [5.74, 6) is -1.38. The number of hydrogen-bond acceptors (Lipinski definition) is 10. The molecule has 3 atom stereocenters. The Bertz CT molecular complexity index is 1540. The molecule has 0 bridgehead atoms. The number of anilines is 1. The van der Waals surface area contributed by atoms with Crippen molar-refractivity contribution in [3.8, 4) is 0 Å². The maximum Gasteiger partial charge on any atom is 0.410 e. The van der Waals surface area contributed by atoms with Crippen LogP contribution in [0, 0.1) is 0 Å². The summed E-state index contributed by atoms with van der Waals surface area (Å²) in [7, 11) is 0. The highest BCUT2D eigenvalue weighted by Gasteiger charge is 2.52. The van der Waals surface area contributed by atoms with Gasteiger partial charge in [-0.15, -0.1) is 0 Å². The summed E-state index contributed by atoms with van der Waals surface area (Å²) >= 11 is 0. The molecule has 3 heterocycles. The number of aromatic nitrogens is 1. The van der Waals surface area contributed by atoms with Crippen LogP contribution in [0.3, 0.4) is 0 Å². The first-order valence-electron chi connectivity index (χ1n) is 14.7. The van der Waals surface area contributed by atoms with Crippen LogP contribution in [-0.2, 0) is 37.1 Å². The number of hydrogen-bond donors (Lipinski definition) is 4. The third-order valence-electron chi connectivity index (χ3n) is 7.50. The summed E-state index contributed by atoms with van der Waals surface area (Å²) in [5, 5.41) is 21.5. The van der Waals surface area contributed by atoms with Gasteiger partial charge in [-0.05, 0) is 23.3 Å². The van der Waals surface area contributed by atoms with Crippen molar-refractivity contribution in [3.63, 3.8) is 0 Å². The van der Waals surface area contributed by atoms with Crippen LogP contribution in [-0.4, -0.2) is 82.1 Å². The number of nitrogens with one attached hydrogen (secondary N) is 3. The van der Waals surface area contributed by atoms with E-state index in [9.17, 15) is 24.3 Å². The first-order chi connectivity index (χ1) is 22.3. The van der Waals surface area contributed by atoms with Crippen LogP contribution >= 0.6 is 0 Å². The van der Waals surface area contributed by atoms with Gasteiger partial charge < -0.3 is 35.4 Å². The Hall–Kier alpha value is -5.66. The maximum atomic E-state index is 13.2. The summed E-state index contributed by atoms with van der Waals surface area (Å²) in [6.45, 7) is 0.0809. The van der Waals surface area contributed by atoms with E-state index in [-0.39, 0.29) is 37.9 Å². The lowest BCUT2D eigenvalue weighted by Gasteiger charge is -2.24. The smallest absolute Gasteiger partial charge is 0.410 e. The molecule has 14 heteroatoms. The highest BCUT2D eigenvalue weighted by atomic mass is 16.7. The molecule has 1 aromatic heterocycles. The van der Waals surface area contributed by atoms with Crippen molar-refractivity contribution in [3.05, 3.63) is 96.2 Å². The lowest BCUT2D eigenvalue weighted by Crippen LogP contribution is -2.49. The minimum Gasteiger partial charge on any atom is -0.480 e. The first-order valence-corrected chi connectivity index (χ1v) is 14.7. The first kappa shape index (κ1) is 31.8. The molecular weight excluding hydrogens is 596 g/mol. The Kier molecular flexibility index (Phi) is 10.3. The molecule has 3 aromatic rings. The van der Waals surface area contributed by atoms with Gasteiger partial charge in [0.1, 0.15) is 30.8 Å². The lowest BCUT2D eigenvalue weighted by atomic mass is 9.94. The third-order valence-corrected chi connectivity index (χ3v) is 7.50. The van der Waals surface area contributed by atoms with E-state index in [2.05, 4.69) is 26.1 Å². The Morgan fingerprint density at radius 3 is 2.28 bits per heavy atom. The van der Waals surface area contributed by atoms with Crippen LogP contribution in [0.4, 0.5) is 15.4 Å². The van der Waals surface area contributed by atoms with Crippen LogP contribution in [0.2, 0.25) is 0 Å². The number of amides is 3. The molecule has 240 valence electrons. The van der Waals surface area contributed by atoms with Crippen molar-refractivity contribution in [2.24, 2.45) is 5.16 Å². The second kappa shape index (κ2) is 14.9. The zero-order valence-corrected chi connectivity index (χ0v) is 24.8. The van der Waals surface area contributed by atoms with Gasteiger partial charge in [0.05, 0.1) is 12.6 Å². The normalized spacial score (nSPS) is 19.0. The summed E-state index contributed by atoms with van der Waals surface area (Å²) in [4.78, 5) is 61.8. The van der Waals surface area contributed by atoms with Crippen molar-refractivity contribution in [2.45, 2.75) is 43.7 Å². The molecule has 2 aliphatic rings. The fourth-order valence-corrected chi connectivity index (χ4v) is 5.17. The number of aliphatic carboxylic acids is 1. The van der Waals surface area contributed by atoms with Crippen LogP contribution in [0.5, 0.6) is 0 Å². The van der Waals surface area contributed by atoms with Gasteiger partial charge in [0, 0.05) is 32.1 Å². The van der Waals surface area contributed by atoms with E-state index in [1.807, 2.05) is 48.5 Å². The molecule has 2 aliphatic heterocycles. The van der Waals surface area contributed by atoms with E-state index >= 15 is 0 Å². The molecule has 0 saturated carbocycles. The zero-order chi connectivity index (χ0) is 32.4. The summed E-state index contributed by atoms with van der Waals surface area (Å²) < 4.78 is 10.7. The monoisotopic (exact) mass is 630 g/mol. The molecule has 2 aromatic carbocycles. The van der Waals surface area contributed by atoms with Gasteiger partial charge in [0.15, 0.2) is 5.60 Å². The average Bonchev–Trinajstić information content (AvgIpc) is 3.67. The highest BCUT2D eigenvalue weighted by Crippen LogP contribution is 2.38. The van der Waals surface area contributed by atoms with E-state index in [0.717, 1.165) is 11.1 Å². The third kappa shape index (κ3) is 8.49. The molecule has 3 amide bonds. The molecule has 5 rings (SSSR count). The number of pyridine rings is 1. The van der Waals surface area contributed by atoms with Crippen molar-refractivity contribution >= 4 is 35.6 Å². The standard InChI is InChI=1S/C32H34N6O8/c39-28(35-18-26(29(40)41)36-30(42)44-19-22-9-3-1-4-10-22)25-16-32(46-37-25)15-24(17-34-27-13-7-8-14-33-27)38(21-32)31(43)45-20-23-11-5-2-6-12-23/h1-14,24,26H,15-21H2,(H,33,34)(H,35,39)(H,36,42)(H,40,41)/t24?,26-,32?/m0/s1. The van der Waals surface area contributed by atoms with Gasteiger partial charge in [0.25, 0.3) is 5.91 Å². The summed E-state index contributed by atoms with van der Waals surface area (Å²) in [5.41, 5.74) is 0.619. The maximum absolute atomic E-state index is 13.2. The number of carbonyl (C=O) groups excluding carboxylic acids is 3. The number of carbonyl (C=O) groups is 4.